The maximum atomic E-state index is 13.3. The Kier molecular flexibility index (Phi) is 7.12. The summed E-state index contributed by atoms with van der Waals surface area (Å²) in [5.41, 5.74) is -1.94. The van der Waals surface area contributed by atoms with E-state index in [1.54, 1.807) is 31.2 Å². The van der Waals surface area contributed by atoms with Crippen molar-refractivity contribution in [3.8, 4) is 0 Å². The van der Waals surface area contributed by atoms with Crippen molar-refractivity contribution >= 4 is 28.5 Å². The van der Waals surface area contributed by atoms with Crippen LogP contribution in [0.5, 0.6) is 0 Å². The molecule has 0 aliphatic heterocycles. The summed E-state index contributed by atoms with van der Waals surface area (Å²) in [4.78, 5) is 0. The third-order valence-corrected chi connectivity index (χ3v) is 10.5. The molecule has 0 spiro atoms. The molecule has 4 aromatic carbocycles. The first-order valence-electron chi connectivity index (χ1n) is 11.1. The van der Waals surface area contributed by atoms with Crippen molar-refractivity contribution in [2.45, 2.75) is 25.5 Å². The molecule has 0 aliphatic carbocycles. The van der Waals surface area contributed by atoms with Gasteiger partial charge in [0, 0.05) is 0 Å². The van der Waals surface area contributed by atoms with Crippen LogP contribution in [-0.2, 0) is 18.5 Å². The molecule has 0 heterocycles. The maximum absolute atomic E-state index is 13.3. The molecule has 10 heteroatoms. The van der Waals surface area contributed by atoms with Crippen molar-refractivity contribution < 1.29 is 39.5 Å². The summed E-state index contributed by atoms with van der Waals surface area (Å²) in [6.45, 7) is 1.80. The largest absolute Gasteiger partial charge is 0.416 e. The monoisotopic (exact) mass is 557 g/mol. The van der Waals surface area contributed by atoms with Gasteiger partial charge in [-0.3, -0.25) is 0 Å². The van der Waals surface area contributed by atoms with Gasteiger partial charge in [-0.15, -0.1) is 0 Å². The lowest BCUT2D eigenvalue weighted by Crippen LogP contribution is -2.39. The Morgan fingerprint density at radius 1 is 0.368 bits per heavy atom. The molecule has 0 aliphatic rings. The third kappa shape index (κ3) is 5.30. The molecule has 0 radical (unpaired) electrons. The number of aryl methyl sites for hydroxylation is 1. The Hall–Kier alpha value is -3.32. The van der Waals surface area contributed by atoms with Crippen LogP contribution in [0, 0.1) is 6.92 Å². The molecule has 4 rings (SSSR count). The van der Waals surface area contributed by atoms with Gasteiger partial charge in [-0.05, 0) is 91.9 Å². The average Bonchev–Trinajstić information content (AvgIpc) is 2.85. The molecule has 0 atom stereocenters. The summed E-state index contributed by atoms with van der Waals surface area (Å²) >= 11 is 0. The van der Waals surface area contributed by atoms with Crippen LogP contribution in [0.25, 0.3) is 0 Å². The predicted octanol–water partition coefficient (Wildman–Crippen LogP) is 7.67. The van der Waals surface area contributed by atoms with Gasteiger partial charge < -0.3 is 0 Å². The third-order valence-electron chi connectivity index (χ3n) is 6.17. The molecule has 0 saturated carbocycles. The lowest BCUT2D eigenvalue weighted by molar-refractivity contribution is -0.138. The molecule has 198 valence electrons. The van der Waals surface area contributed by atoms with Crippen LogP contribution in [0.3, 0.4) is 0 Å². The van der Waals surface area contributed by atoms with Gasteiger partial charge in [0.1, 0.15) is 28.5 Å². The molecule has 0 N–H and O–H groups in total. The molecular weight excluding hydrogens is 538 g/mol. The summed E-state index contributed by atoms with van der Waals surface area (Å²) in [6.07, 6.45) is -13.9. The first-order chi connectivity index (χ1) is 17.6. The van der Waals surface area contributed by atoms with Crippen LogP contribution in [0.1, 0.15) is 22.3 Å². The Labute approximate surface area is 213 Å². The highest BCUT2D eigenvalue weighted by atomic mass is 31.2. The van der Waals surface area contributed by atoms with Crippen LogP contribution < -0.4 is 21.2 Å². The molecule has 0 nitrogen and oxygen atoms in total. The summed E-state index contributed by atoms with van der Waals surface area (Å²) in [7, 11) is -3.24. The van der Waals surface area contributed by atoms with Crippen molar-refractivity contribution in [2.75, 3.05) is 0 Å². The van der Waals surface area contributed by atoms with E-state index < -0.39 is 42.5 Å². The van der Waals surface area contributed by atoms with E-state index in [9.17, 15) is 39.5 Å². The topological polar surface area (TPSA) is 0 Å². The highest BCUT2D eigenvalue weighted by Crippen LogP contribution is 2.55. The number of rotatable bonds is 4. The van der Waals surface area contributed by atoms with Crippen LogP contribution in [-0.4, -0.2) is 0 Å². The number of benzene rings is 4. The highest BCUT2D eigenvalue weighted by molar-refractivity contribution is 8.01. The lowest BCUT2D eigenvalue weighted by atomic mass is 10.2. The van der Waals surface area contributed by atoms with Gasteiger partial charge >= 0.3 is 18.5 Å². The van der Waals surface area contributed by atoms with Gasteiger partial charge in [0.15, 0.2) is 0 Å². The minimum atomic E-state index is -4.63. The number of hydrogen-bond acceptors (Lipinski definition) is 0. The standard InChI is InChI=1S/C28H19F9P/c1-18-2-10-22(11-3-18)38(23-12-4-19(5-13-23)26(29,30)31,24-14-6-20(7-15-24)27(32,33)34)25-16-8-21(9-17-25)28(35,36)37/h2-17H,1H3/q+1. The molecule has 0 bridgehead atoms. The first kappa shape index (κ1) is 27.7. The van der Waals surface area contributed by atoms with Gasteiger partial charge in [-0.25, -0.2) is 0 Å². The molecule has 38 heavy (non-hydrogen) atoms. The summed E-state index contributed by atoms with van der Waals surface area (Å²) in [5.74, 6) is 0. The smallest absolute Gasteiger partial charge is 0.166 e. The SMILES string of the molecule is Cc1ccc([P+](c2ccc(C(F)(F)F)cc2)(c2ccc(C(F)(F)F)cc2)c2ccc(C(F)(F)F)cc2)cc1. The van der Waals surface area contributed by atoms with E-state index in [0.717, 1.165) is 42.0 Å². The van der Waals surface area contributed by atoms with Crippen LogP contribution in [0.4, 0.5) is 39.5 Å². The zero-order chi connectivity index (χ0) is 27.9. The van der Waals surface area contributed by atoms with Crippen molar-refractivity contribution in [1.29, 1.82) is 0 Å². The van der Waals surface area contributed by atoms with E-state index in [0.29, 0.717) is 21.2 Å². The van der Waals surface area contributed by atoms with E-state index in [2.05, 4.69) is 0 Å². The fraction of sp³-hybridized carbons (Fsp3) is 0.143. The van der Waals surface area contributed by atoms with Gasteiger partial charge in [0.05, 0.1) is 16.7 Å². The summed E-state index contributed by atoms with van der Waals surface area (Å²) < 4.78 is 120. The number of halogens is 9. The Morgan fingerprint density at radius 3 is 0.789 bits per heavy atom. The van der Waals surface area contributed by atoms with Crippen molar-refractivity contribution in [1.82, 2.24) is 0 Å². The molecule has 0 amide bonds. The molecule has 0 aromatic heterocycles. The fourth-order valence-corrected chi connectivity index (χ4v) is 8.46. The minimum absolute atomic E-state index is 0.342. The quantitative estimate of drug-likeness (QED) is 0.179. The fourth-order valence-electron chi connectivity index (χ4n) is 4.28. The molecule has 0 unspecified atom stereocenters. The van der Waals surface area contributed by atoms with Crippen LogP contribution in [0.2, 0.25) is 0 Å². The zero-order valence-corrected chi connectivity index (χ0v) is 20.5. The molecule has 4 aromatic rings. The van der Waals surface area contributed by atoms with Gasteiger partial charge in [0.2, 0.25) is 0 Å². The number of hydrogen-bond donors (Lipinski definition) is 0. The van der Waals surface area contributed by atoms with Crippen molar-refractivity contribution in [3.05, 3.63) is 119 Å². The summed E-state index contributed by atoms with van der Waals surface area (Å²) in [6, 6.07) is 19.5. The van der Waals surface area contributed by atoms with Gasteiger partial charge in [-0.1, -0.05) is 17.7 Å². The molecule has 0 saturated heterocycles. The molecular formula is C28H19F9P+. The highest BCUT2D eigenvalue weighted by Gasteiger charge is 2.49. The van der Waals surface area contributed by atoms with Crippen molar-refractivity contribution in [2.24, 2.45) is 0 Å². The lowest BCUT2D eigenvalue weighted by Gasteiger charge is -2.28. The predicted molar refractivity (Wildman–Crippen MR) is 131 cm³/mol. The Balaban J connectivity index is 2.07. The average molecular weight is 557 g/mol. The Bertz CT molecular complexity index is 1240. The van der Waals surface area contributed by atoms with E-state index in [4.69, 9.17) is 0 Å². The van der Waals surface area contributed by atoms with E-state index in [-0.39, 0.29) is 0 Å². The second kappa shape index (κ2) is 9.77. The first-order valence-corrected chi connectivity index (χ1v) is 12.9. The second-order valence-electron chi connectivity index (χ2n) is 8.64. The maximum Gasteiger partial charge on any atom is 0.416 e. The second-order valence-corrected chi connectivity index (χ2v) is 12.0. The number of alkyl halides is 9. The van der Waals surface area contributed by atoms with Gasteiger partial charge in [-0.2, -0.15) is 39.5 Å². The van der Waals surface area contributed by atoms with E-state index in [1.807, 2.05) is 0 Å². The normalized spacial score (nSPS) is 13.0. The van der Waals surface area contributed by atoms with Crippen molar-refractivity contribution in [3.63, 3.8) is 0 Å². The molecule has 0 fully saturated rings. The van der Waals surface area contributed by atoms with E-state index >= 15 is 0 Å². The minimum Gasteiger partial charge on any atom is -0.166 e. The summed E-state index contributed by atoms with van der Waals surface area (Å²) in [5, 5.41) is 1.58. The van der Waals surface area contributed by atoms with Crippen LogP contribution >= 0.6 is 7.26 Å². The van der Waals surface area contributed by atoms with E-state index in [1.165, 1.54) is 36.4 Å². The Morgan fingerprint density at radius 2 is 0.579 bits per heavy atom. The zero-order valence-electron chi connectivity index (χ0n) is 19.6. The van der Waals surface area contributed by atoms with Crippen LogP contribution in [0.15, 0.2) is 97.1 Å². The van der Waals surface area contributed by atoms with Gasteiger partial charge in [0.25, 0.3) is 0 Å².